The molecular formula is C22H25N5O2S. The van der Waals surface area contributed by atoms with Crippen LogP contribution in [0, 0.1) is 0 Å². The topological polar surface area (TPSA) is 74.6 Å². The van der Waals surface area contributed by atoms with Gasteiger partial charge in [-0.1, -0.05) is 12.1 Å². The number of ether oxygens (including phenoxy) is 1. The molecular weight excluding hydrogens is 398 g/mol. The van der Waals surface area contributed by atoms with Crippen LogP contribution in [0.4, 0.5) is 5.95 Å². The summed E-state index contributed by atoms with van der Waals surface area (Å²) in [6.45, 7) is 6.21. The first-order valence-corrected chi connectivity index (χ1v) is 11.3. The van der Waals surface area contributed by atoms with Crippen LogP contribution in [-0.2, 0) is 11.3 Å². The summed E-state index contributed by atoms with van der Waals surface area (Å²) >= 11 is 1.75. The molecule has 2 aliphatic rings. The zero-order chi connectivity index (χ0) is 20.3. The average molecular weight is 424 g/mol. The van der Waals surface area contributed by atoms with Gasteiger partial charge in [0.25, 0.3) is 0 Å². The van der Waals surface area contributed by atoms with Crippen molar-refractivity contribution in [3.05, 3.63) is 41.3 Å². The standard InChI is InChI=1S/C22H25N5O2S/c28-17-5-3-4-16(14-17)20-23-21(25-22(24-20)27-10-12-29-13-11-27)19-7-6-18(30-19)15-26-8-1-2-9-26/h3-7,14,28H,1-2,8-13,15H2. The molecule has 3 aromatic rings. The van der Waals surface area contributed by atoms with Crippen molar-refractivity contribution in [2.45, 2.75) is 19.4 Å². The molecule has 0 unspecified atom stereocenters. The van der Waals surface area contributed by atoms with Crippen LogP contribution in [-0.4, -0.2) is 64.4 Å². The molecule has 0 radical (unpaired) electrons. The maximum Gasteiger partial charge on any atom is 0.229 e. The Labute approximate surface area is 180 Å². The van der Waals surface area contributed by atoms with Gasteiger partial charge >= 0.3 is 0 Å². The van der Waals surface area contributed by atoms with E-state index in [1.54, 1.807) is 23.5 Å². The van der Waals surface area contributed by atoms with E-state index in [0.29, 0.717) is 30.8 Å². The number of phenols is 1. The molecule has 2 fully saturated rings. The molecule has 0 spiro atoms. The maximum atomic E-state index is 9.92. The number of anilines is 1. The van der Waals surface area contributed by atoms with E-state index in [9.17, 15) is 5.11 Å². The van der Waals surface area contributed by atoms with Gasteiger partial charge in [-0.25, -0.2) is 4.98 Å². The SMILES string of the molecule is Oc1cccc(-c2nc(-c3ccc(CN4CCCC4)s3)nc(N3CCOCC3)n2)c1. The highest BCUT2D eigenvalue weighted by Gasteiger charge is 2.19. The number of benzene rings is 1. The maximum absolute atomic E-state index is 9.92. The Bertz CT molecular complexity index is 1010. The van der Waals surface area contributed by atoms with Crippen LogP contribution < -0.4 is 4.90 Å². The Hall–Kier alpha value is -2.55. The Balaban J connectivity index is 1.50. The lowest BCUT2D eigenvalue weighted by atomic mass is 10.2. The van der Waals surface area contributed by atoms with Crippen molar-refractivity contribution in [1.29, 1.82) is 0 Å². The number of aromatic nitrogens is 3. The number of hydrogen-bond donors (Lipinski definition) is 1. The predicted molar refractivity (Wildman–Crippen MR) is 118 cm³/mol. The van der Waals surface area contributed by atoms with E-state index in [-0.39, 0.29) is 5.75 Å². The number of nitrogens with zero attached hydrogens (tertiary/aromatic N) is 5. The van der Waals surface area contributed by atoms with Gasteiger partial charge in [0.2, 0.25) is 5.95 Å². The number of thiophene rings is 1. The third-order valence-electron chi connectivity index (χ3n) is 5.48. The first kappa shape index (κ1) is 19.4. The largest absolute Gasteiger partial charge is 0.508 e. The normalized spacial score (nSPS) is 17.5. The average Bonchev–Trinajstić information content (AvgIpc) is 3.47. The molecule has 5 rings (SSSR count). The highest BCUT2D eigenvalue weighted by Crippen LogP contribution is 2.30. The zero-order valence-corrected chi connectivity index (χ0v) is 17.6. The number of rotatable bonds is 5. The van der Waals surface area contributed by atoms with Gasteiger partial charge in [-0.05, 0) is 50.2 Å². The van der Waals surface area contributed by atoms with Gasteiger partial charge in [0, 0.05) is 30.1 Å². The summed E-state index contributed by atoms with van der Waals surface area (Å²) in [5, 5.41) is 9.92. The van der Waals surface area contributed by atoms with E-state index >= 15 is 0 Å². The lowest BCUT2D eigenvalue weighted by Gasteiger charge is -2.27. The quantitative estimate of drug-likeness (QED) is 0.674. The van der Waals surface area contributed by atoms with Gasteiger partial charge in [0.15, 0.2) is 11.6 Å². The molecule has 2 saturated heterocycles. The van der Waals surface area contributed by atoms with Crippen LogP contribution in [0.5, 0.6) is 5.75 Å². The fourth-order valence-electron chi connectivity index (χ4n) is 3.90. The summed E-state index contributed by atoms with van der Waals surface area (Å²) in [6.07, 6.45) is 2.59. The fourth-order valence-corrected chi connectivity index (χ4v) is 4.88. The Morgan fingerprint density at radius 2 is 1.73 bits per heavy atom. The highest BCUT2D eigenvalue weighted by atomic mass is 32.1. The number of likely N-dealkylation sites (tertiary alicyclic amines) is 1. The molecule has 1 N–H and O–H groups in total. The lowest BCUT2D eigenvalue weighted by Crippen LogP contribution is -2.37. The van der Waals surface area contributed by atoms with Gasteiger partial charge in [0.05, 0.1) is 18.1 Å². The summed E-state index contributed by atoms with van der Waals surface area (Å²) in [4.78, 5) is 21.3. The third-order valence-corrected chi connectivity index (χ3v) is 6.55. The van der Waals surface area contributed by atoms with Crippen LogP contribution in [0.15, 0.2) is 36.4 Å². The van der Waals surface area contributed by atoms with Crippen LogP contribution in [0.2, 0.25) is 0 Å². The number of hydrogen-bond acceptors (Lipinski definition) is 8. The van der Waals surface area contributed by atoms with Gasteiger partial charge in [0.1, 0.15) is 5.75 Å². The van der Waals surface area contributed by atoms with Crippen molar-refractivity contribution in [2.24, 2.45) is 0 Å². The third kappa shape index (κ3) is 4.30. The van der Waals surface area contributed by atoms with Crippen LogP contribution in [0.25, 0.3) is 22.1 Å². The molecule has 0 aliphatic carbocycles. The van der Waals surface area contributed by atoms with Crippen molar-refractivity contribution in [1.82, 2.24) is 19.9 Å². The monoisotopic (exact) mass is 423 g/mol. The van der Waals surface area contributed by atoms with E-state index in [4.69, 9.17) is 19.7 Å². The molecule has 156 valence electrons. The van der Waals surface area contributed by atoms with Crippen molar-refractivity contribution in [3.8, 4) is 27.8 Å². The Kier molecular flexibility index (Phi) is 5.61. The van der Waals surface area contributed by atoms with Crippen molar-refractivity contribution in [2.75, 3.05) is 44.3 Å². The molecule has 0 atom stereocenters. The summed E-state index contributed by atoms with van der Waals surface area (Å²) in [5.41, 5.74) is 0.780. The number of morpholine rings is 1. The Morgan fingerprint density at radius 1 is 0.933 bits per heavy atom. The van der Waals surface area contributed by atoms with Gasteiger partial charge in [-0.15, -0.1) is 11.3 Å². The predicted octanol–water partition coefficient (Wildman–Crippen LogP) is 3.41. The molecule has 7 nitrogen and oxygen atoms in total. The second-order valence-electron chi connectivity index (χ2n) is 7.68. The minimum Gasteiger partial charge on any atom is -0.508 e. The molecule has 30 heavy (non-hydrogen) atoms. The van der Waals surface area contributed by atoms with E-state index in [2.05, 4.69) is 21.9 Å². The van der Waals surface area contributed by atoms with Crippen LogP contribution in [0.1, 0.15) is 17.7 Å². The summed E-state index contributed by atoms with van der Waals surface area (Å²) in [5.74, 6) is 2.12. The van der Waals surface area contributed by atoms with Crippen molar-refractivity contribution >= 4 is 17.3 Å². The first-order valence-electron chi connectivity index (χ1n) is 10.4. The molecule has 1 aromatic carbocycles. The molecule has 0 saturated carbocycles. The van der Waals surface area contributed by atoms with Crippen molar-refractivity contribution in [3.63, 3.8) is 0 Å². The minimum atomic E-state index is 0.200. The molecule has 2 aliphatic heterocycles. The summed E-state index contributed by atoms with van der Waals surface area (Å²) in [7, 11) is 0. The fraction of sp³-hybridized carbons (Fsp3) is 0.409. The van der Waals surface area contributed by atoms with E-state index < -0.39 is 0 Å². The summed E-state index contributed by atoms with van der Waals surface area (Å²) in [6, 6.07) is 11.4. The summed E-state index contributed by atoms with van der Waals surface area (Å²) < 4.78 is 5.48. The number of aromatic hydroxyl groups is 1. The van der Waals surface area contributed by atoms with Gasteiger partial charge in [-0.3, -0.25) is 4.90 Å². The number of phenolic OH excluding ortho intramolecular Hbond substituents is 1. The van der Waals surface area contributed by atoms with E-state index in [1.807, 2.05) is 12.1 Å². The zero-order valence-electron chi connectivity index (χ0n) is 16.8. The molecule has 0 bridgehead atoms. The van der Waals surface area contributed by atoms with E-state index in [0.717, 1.165) is 30.1 Å². The second-order valence-corrected chi connectivity index (χ2v) is 8.85. The molecule has 4 heterocycles. The lowest BCUT2D eigenvalue weighted by molar-refractivity contribution is 0.122. The molecule has 0 amide bonds. The van der Waals surface area contributed by atoms with Gasteiger partial charge < -0.3 is 14.7 Å². The Morgan fingerprint density at radius 3 is 2.53 bits per heavy atom. The minimum absolute atomic E-state index is 0.200. The van der Waals surface area contributed by atoms with Crippen LogP contribution >= 0.6 is 11.3 Å². The smallest absolute Gasteiger partial charge is 0.229 e. The molecule has 2 aromatic heterocycles. The van der Waals surface area contributed by atoms with Crippen molar-refractivity contribution < 1.29 is 9.84 Å². The second kappa shape index (κ2) is 8.67. The van der Waals surface area contributed by atoms with Crippen LogP contribution in [0.3, 0.4) is 0 Å². The first-order chi connectivity index (χ1) is 14.7. The molecule has 8 heteroatoms. The van der Waals surface area contributed by atoms with Gasteiger partial charge in [-0.2, -0.15) is 9.97 Å². The highest BCUT2D eigenvalue weighted by molar-refractivity contribution is 7.15. The van der Waals surface area contributed by atoms with E-state index in [1.165, 1.54) is 30.8 Å².